The van der Waals surface area contributed by atoms with Gasteiger partial charge in [-0.3, -0.25) is 10.1 Å². The van der Waals surface area contributed by atoms with E-state index in [0.717, 1.165) is 38.5 Å². The van der Waals surface area contributed by atoms with E-state index >= 15 is 0 Å². The van der Waals surface area contributed by atoms with E-state index in [-0.39, 0.29) is 16.6 Å². The molecule has 1 heterocycles. The maximum Gasteiger partial charge on any atom is 0.293 e. The molecule has 1 aromatic carbocycles. The number of nitro benzene ring substituents is 1. The Labute approximate surface area is 124 Å². The van der Waals surface area contributed by atoms with E-state index in [1.807, 2.05) is 4.90 Å². The second-order valence-electron chi connectivity index (χ2n) is 5.43. The number of piperidine rings is 1. The van der Waals surface area contributed by atoms with Crippen molar-refractivity contribution >= 4 is 21.2 Å². The lowest BCUT2D eigenvalue weighted by Gasteiger charge is -2.36. The fourth-order valence-corrected chi connectivity index (χ4v) is 3.51. The Morgan fingerprint density at radius 3 is 2.67 bits per heavy atom. The molecule has 21 heavy (non-hydrogen) atoms. The number of hydrogen-bond acceptors (Lipinski definition) is 5. The molecule has 1 aliphatic heterocycles. The summed E-state index contributed by atoms with van der Waals surface area (Å²) < 4.78 is 23.2. The fourth-order valence-electron chi connectivity index (χ4n) is 2.87. The van der Waals surface area contributed by atoms with E-state index in [0.29, 0.717) is 5.69 Å². The van der Waals surface area contributed by atoms with Crippen LogP contribution in [0.3, 0.4) is 0 Å². The van der Waals surface area contributed by atoms with Crippen molar-refractivity contribution in [1.29, 1.82) is 0 Å². The summed E-state index contributed by atoms with van der Waals surface area (Å²) in [6.07, 6.45) is 5.12. The van der Waals surface area contributed by atoms with Gasteiger partial charge in [0.1, 0.15) is 5.69 Å². The third-order valence-electron chi connectivity index (χ3n) is 3.98. The number of nitro groups is 1. The molecule has 0 N–H and O–H groups in total. The molecule has 7 heteroatoms. The zero-order chi connectivity index (χ0) is 15.6. The molecule has 0 amide bonds. The molecule has 1 aliphatic rings. The molecule has 0 aromatic heterocycles. The van der Waals surface area contributed by atoms with Crippen molar-refractivity contribution < 1.29 is 13.3 Å². The van der Waals surface area contributed by atoms with Gasteiger partial charge in [-0.25, -0.2) is 8.42 Å². The Morgan fingerprint density at radius 1 is 1.38 bits per heavy atom. The van der Waals surface area contributed by atoms with Gasteiger partial charge in [-0.1, -0.05) is 6.92 Å². The minimum absolute atomic E-state index is 0.0111. The van der Waals surface area contributed by atoms with Crippen molar-refractivity contribution in [2.45, 2.75) is 43.5 Å². The van der Waals surface area contributed by atoms with E-state index < -0.39 is 14.8 Å². The smallest absolute Gasteiger partial charge is 0.293 e. The van der Waals surface area contributed by atoms with Gasteiger partial charge in [0.25, 0.3) is 5.69 Å². The molecule has 6 nitrogen and oxygen atoms in total. The van der Waals surface area contributed by atoms with Gasteiger partial charge < -0.3 is 4.90 Å². The van der Waals surface area contributed by atoms with Crippen molar-refractivity contribution in [2.75, 3.05) is 17.7 Å². The predicted octanol–water partition coefficient (Wildman–Crippen LogP) is 2.77. The van der Waals surface area contributed by atoms with Crippen molar-refractivity contribution in [3.05, 3.63) is 28.3 Å². The number of benzene rings is 1. The Kier molecular flexibility index (Phi) is 4.51. The van der Waals surface area contributed by atoms with Crippen molar-refractivity contribution in [2.24, 2.45) is 0 Å². The van der Waals surface area contributed by atoms with Crippen LogP contribution in [-0.2, 0) is 9.84 Å². The summed E-state index contributed by atoms with van der Waals surface area (Å²) in [6.45, 7) is 2.84. The molecular weight excluding hydrogens is 292 g/mol. The largest absolute Gasteiger partial charge is 0.363 e. The number of hydrogen-bond donors (Lipinski definition) is 0. The maximum atomic E-state index is 11.6. The lowest BCUT2D eigenvalue weighted by atomic mass is 9.99. The topological polar surface area (TPSA) is 80.5 Å². The van der Waals surface area contributed by atoms with Crippen molar-refractivity contribution in [3.8, 4) is 0 Å². The zero-order valence-electron chi connectivity index (χ0n) is 12.3. The lowest BCUT2D eigenvalue weighted by molar-refractivity contribution is -0.384. The van der Waals surface area contributed by atoms with Crippen LogP contribution >= 0.6 is 0 Å². The summed E-state index contributed by atoms with van der Waals surface area (Å²) in [4.78, 5) is 12.9. The Bertz CT molecular complexity index is 642. The predicted molar refractivity (Wildman–Crippen MR) is 81.5 cm³/mol. The van der Waals surface area contributed by atoms with Gasteiger partial charge in [-0.2, -0.15) is 0 Å². The van der Waals surface area contributed by atoms with Gasteiger partial charge in [0.2, 0.25) is 0 Å². The van der Waals surface area contributed by atoms with E-state index in [2.05, 4.69) is 6.92 Å². The molecule has 1 unspecified atom stereocenters. The van der Waals surface area contributed by atoms with Crippen LogP contribution in [0, 0.1) is 10.1 Å². The highest BCUT2D eigenvalue weighted by Crippen LogP contribution is 2.35. The average Bonchev–Trinajstić information content (AvgIpc) is 2.45. The van der Waals surface area contributed by atoms with E-state index in [1.165, 1.54) is 12.1 Å². The van der Waals surface area contributed by atoms with E-state index in [1.54, 1.807) is 6.07 Å². The summed E-state index contributed by atoms with van der Waals surface area (Å²) in [7, 11) is -3.45. The Morgan fingerprint density at radius 2 is 2.10 bits per heavy atom. The summed E-state index contributed by atoms with van der Waals surface area (Å²) in [6, 6.07) is 4.48. The van der Waals surface area contributed by atoms with Crippen molar-refractivity contribution in [3.63, 3.8) is 0 Å². The molecule has 0 spiro atoms. The molecule has 116 valence electrons. The van der Waals surface area contributed by atoms with Crippen molar-refractivity contribution in [1.82, 2.24) is 0 Å². The van der Waals surface area contributed by atoms with E-state index in [4.69, 9.17) is 0 Å². The summed E-state index contributed by atoms with van der Waals surface area (Å²) >= 11 is 0. The van der Waals surface area contributed by atoms with E-state index in [9.17, 15) is 18.5 Å². The summed E-state index contributed by atoms with van der Waals surface area (Å²) in [5.74, 6) is 0. The van der Waals surface area contributed by atoms with Crippen LogP contribution < -0.4 is 4.90 Å². The monoisotopic (exact) mass is 312 g/mol. The SMILES string of the molecule is CCC1CCCCN1c1ccc(S(C)(=O)=O)cc1[N+](=O)[O-]. The van der Waals surface area contributed by atoms with Crippen LogP contribution in [0.15, 0.2) is 23.1 Å². The van der Waals surface area contributed by atoms with Crippen LogP contribution in [-0.4, -0.2) is 32.2 Å². The minimum atomic E-state index is -3.45. The Balaban J connectivity index is 2.50. The molecule has 0 bridgehead atoms. The average molecular weight is 312 g/mol. The molecular formula is C14H20N2O4S. The van der Waals surface area contributed by atoms with Gasteiger partial charge in [-0.15, -0.1) is 0 Å². The lowest BCUT2D eigenvalue weighted by Crippen LogP contribution is -2.39. The first kappa shape index (κ1) is 15.8. The highest BCUT2D eigenvalue weighted by molar-refractivity contribution is 7.90. The number of nitrogens with zero attached hydrogens (tertiary/aromatic N) is 2. The standard InChI is InChI=1S/C14H20N2O4S/c1-3-11-6-4-5-9-15(11)13-8-7-12(21(2,19)20)10-14(13)16(17)18/h7-8,10-11H,3-6,9H2,1-2H3. The summed E-state index contributed by atoms with van der Waals surface area (Å²) in [5, 5.41) is 11.3. The first-order valence-electron chi connectivity index (χ1n) is 7.09. The van der Waals surface area contributed by atoms with Crippen LogP contribution in [0.1, 0.15) is 32.6 Å². The minimum Gasteiger partial charge on any atom is -0.363 e. The highest BCUT2D eigenvalue weighted by Gasteiger charge is 2.28. The second-order valence-corrected chi connectivity index (χ2v) is 7.45. The van der Waals surface area contributed by atoms with Crippen LogP contribution in [0.25, 0.3) is 0 Å². The molecule has 0 saturated carbocycles. The second kappa shape index (κ2) is 6.01. The fraction of sp³-hybridized carbons (Fsp3) is 0.571. The van der Waals surface area contributed by atoms with Gasteiger partial charge in [0.05, 0.1) is 9.82 Å². The van der Waals surface area contributed by atoms with Crippen LogP contribution in [0.5, 0.6) is 0 Å². The third kappa shape index (κ3) is 3.34. The summed E-state index contributed by atoms with van der Waals surface area (Å²) in [5.41, 5.74) is 0.400. The van der Waals surface area contributed by atoms with Gasteiger partial charge in [0.15, 0.2) is 9.84 Å². The first-order valence-corrected chi connectivity index (χ1v) is 8.99. The number of rotatable bonds is 4. The molecule has 1 atom stereocenters. The number of anilines is 1. The van der Waals surface area contributed by atoms with Crippen LogP contribution in [0.4, 0.5) is 11.4 Å². The first-order chi connectivity index (χ1) is 9.84. The Hall–Kier alpha value is -1.63. The highest BCUT2D eigenvalue weighted by atomic mass is 32.2. The van der Waals surface area contributed by atoms with Gasteiger partial charge >= 0.3 is 0 Å². The normalized spacial score (nSPS) is 19.5. The molecule has 1 fully saturated rings. The quantitative estimate of drug-likeness (QED) is 0.631. The number of sulfone groups is 1. The maximum absolute atomic E-state index is 11.6. The molecule has 1 saturated heterocycles. The molecule has 0 aliphatic carbocycles. The zero-order valence-corrected chi connectivity index (χ0v) is 13.1. The van der Waals surface area contributed by atoms with Gasteiger partial charge in [-0.05, 0) is 37.8 Å². The molecule has 2 rings (SSSR count). The van der Waals surface area contributed by atoms with Gasteiger partial charge in [0, 0.05) is 24.9 Å². The molecule has 0 radical (unpaired) electrons. The molecule has 1 aromatic rings. The van der Waals surface area contributed by atoms with Crippen LogP contribution in [0.2, 0.25) is 0 Å². The third-order valence-corrected chi connectivity index (χ3v) is 5.09.